The lowest BCUT2D eigenvalue weighted by molar-refractivity contribution is -0.107. The van der Waals surface area contributed by atoms with Gasteiger partial charge in [0.1, 0.15) is 11.4 Å². The molecule has 0 fully saturated rings. The van der Waals surface area contributed by atoms with Crippen LogP contribution >= 0.6 is 11.6 Å². The number of hydrogen-bond acceptors (Lipinski definition) is 2. The SMILES string of the molecule is O=CCC#Cc1ccc2nc(Cl)ccc2c1. The number of aromatic nitrogens is 1. The summed E-state index contributed by atoms with van der Waals surface area (Å²) in [4.78, 5) is 14.3. The zero-order valence-electron chi connectivity index (χ0n) is 8.40. The highest BCUT2D eigenvalue weighted by Gasteiger charge is 1.96. The van der Waals surface area contributed by atoms with E-state index >= 15 is 0 Å². The van der Waals surface area contributed by atoms with Crippen molar-refractivity contribution in [1.29, 1.82) is 0 Å². The van der Waals surface area contributed by atoms with Gasteiger partial charge in [0.05, 0.1) is 11.9 Å². The van der Waals surface area contributed by atoms with Crippen molar-refractivity contribution in [3.8, 4) is 11.8 Å². The standard InChI is InChI=1S/C13H8ClNO/c14-13-7-5-11-9-10(3-1-2-8-16)4-6-12(11)15-13/h4-9H,2H2. The maximum Gasteiger partial charge on any atom is 0.131 e. The Hall–Kier alpha value is -1.85. The molecule has 1 aromatic carbocycles. The van der Waals surface area contributed by atoms with Crippen LogP contribution in [0.25, 0.3) is 10.9 Å². The summed E-state index contributed by atoms with van der Waals surface area (Å²) < 4.78 is 0. The van der Waals surface area contributed by atoms with Crippen LogP contribution < -0.4 is 0 Å². The average molecular weight is 230 g/mol. The van der Waals surface area contributed by atoms with Crippen LogP contribution in [-0.4, -0.2) is 11.3 Å². The summed E-state index contributed by atoms with van der Waals surface area (Å²) in [5.74, 6) is 5.67. The number of nitrogens with zero attached hydrogens (tertiary/aromatic N) is 1. The van der Waals surface area contributed by atoms with Gasteiger partial charge in [-0.05, 0) is 30.3 Å². The van der Waals surface area contributed by atoms with Crippen LogP contribution in [0.15, 0.2) is 30.3 Å². The first kappa shape index (κ1) is 10.7. The van der Waals surface area contributed by atoms with Crippen molar-refractivity contribution in [2.24, 2.45) is 0 Å². The van der Waals surface area contributed by atoms with E-state index in [9.17, 15) is 4.79 Å². The minimum atomic E-state index is 0.261. The summed E-state index contributed by atoms with van der Waals surface area (Å²) in [5.41, 5.74) is 1.71. The first-order chi connectivity index (χ1) is 7.79. The summed E-state index contributed by atoms with van der Waals surface area (Å²) in [6.07, 6.45) is 1.05. The van der Waals surface area contributed by atoms with Crippen LogP contribution in [0.4, 0.5) is 0 Å². The Kier molecular flexibility index (Phi) is 3.19. The van der Waals surface area contributed by atoms with Crippen molar-refractivity contribution in [3.05, 3.63) is 41.0 Å². The van der Waals surface area contributed by atoms with Gasteiger partial charge in [-0.25, -0.2) is 4.98 Å². The van der Waals surface area contributed by atoms with Crippen LogP contribution in [-0.2, 0) is 4.79 Å². The van der Waals surface area contributed by atoms with Crippen molar-refractivity contribution in [1.82, 2.24) is 4.98 Å². The number of carbonyl (C=O) groups excluding carboxylic acids is 1. The molecule has 0 N–H and O–H groups in total. The van der Waals surface area contributed by atoms with Crippen molar-refractivity contribution >= 4 is 28.8 Å². The van der Waals surface area contributed by atoms with Gasteiger partial charge in [-0.1, -0.05) is 23.4 Å². The fourth-order valence-electron chi connectivity index (χ4n) is 1.37. The fourth-order valence-corrected chi connectivity index (χ4v) is 1.53. The summed E-state index contributed by atoms with van der Waals surface area (Å²) in [5, 5.41) is 1.47. The minimum absolute atomic E-state index is 0.261. The van der Waals surface area contributed by atoms with Gasteiger partial charge in [-0.2, -0.15) is 0 Å². The lowest BCUT2D eigenvalue weighted by Gasteiger charge is -1.98. The maximum absolute atomic E-state index is 10.1. The van der Waals surface area contributed by atoms with Crippen molar-refractivity contribution in [2.45, 2.75) is 6.42 Å². The highest BCUT2D eigenvalue weighted by Crippen LogP contribution is 2.16. The Morgan fingerprint density at radius 3 is 3.00 bits per heavy atom. The van der Waals surface area contributed by atoms with Crippen LogP contribution in [0.5, 0.6) is 0 Å². The third-order valence-corrected chi connectivity index (χ3v) is 2.28. The molecule has 16 heavy (non-hydrogen) atoms. The first-order valence-corrected chi connectivity index (χ1v) is 5.16. The van der Waals surface area contributed by atoms with Crippen LogP contribution in [0, 0.1) is 11.8 Å². The molecular weight excluding hydrogens is 222 g/mol. The number of fused-ring (bicyclic) bond motifs is 1. The number of benzene rings is 1. The number of halogens is 1. The van der Waals surface area contributed by atoms with E-state index in [0.29, 0.717) is 5.15 Å². The zero-order chi connectivity index (χ0) is 11.4. The Morgan fingerprint density at radius 2 is 2.19 bits per heavy atom. The Morgan fingerprint density at radius 1 is 1.31 bits per heavy atom. The molecule has 0 saturated carbocycles. The molecule has 78 valence electrons. The molecule has 0 aliphatic carbocycles. The highest BCUT2D eigenvalue weighted by atomic mass is 35.5. The minimum Gasteiger partial charge on any atom is -0.302 e. The van der Waals surface area contributed by atoms with E-state index in [-0.39, 0.29) is 6.42 Å². The molecule has 0 amide bonds. The van der Waals surface area contributed by atoms with Gasteiger partial charge in [0.2, 0.25) is 0 Å². The van der Waals surface area contributed by atoms with Crippen LogP contribution in [0.1, 0.15) is 12.0 Å². The predicted octanol–water partition coefficient (Wildman–Crippen LogP) is 2.83. The molecule has 0 saturated heterocycles. The second kappa shape index (κ2) is 4.78. The van der Waals surface area contributed by atoms with E-state index in [4.69, 9.17) is 11.6 Å². The van der Waals surface area contributed by atoms with Gasteiger partial charge >= 0.3 is 0 Å². The molecule has 3 heteroatoms. The molecule has 0 spiro atoms. The van der Waals surface area contributed by atoms with E-state index in [1.807, 2.05) is 24.3 Å². The van der Waals surface area contributed by atoms with Crippen molar-refractivity contribution in [2.75, 3.05) is 0 Å². The van der Waals surface area contributed by atoms with Gasteiger partial charge < -0.3 is 4.79 Å². The van der Waals surface area contributed by atoms with E-state index in [2.05, 4.69) is 16.8 Å². The molecule has 0 aliphatic rings. The maximum atomic E-state index is 10.1. The predicted molar refractivity (Wildman–Crippen MR) is 64.3 cm³/mol. The van der Waals surface area contributed by atoms with Gasteiger partial charge in [0.15, 0.2) is 0 Å². The normalized spacial score (nSPS) is 9.56. The van der Waals surface area contributed by atoms with E-state index in [0.717, 1.165) is 22.8 Å². The van der Waals surface area contributed by atoms with E-state index in [1.54, 1.807) is 6.07 Å². The van der Waals surface area contributed by atoms with Crippen LogP contribution in [0.2, 0.25) is 5.15 Å². The van der Waals surface area contributed by atoms with Gasteiger partial charge in [0.25, 0.3) is 0 Å². The average Bonchev–Trinajstić information content (AvgIpc) is 2.29. The third-order valence-electron chi connectivity index (χ3n) is 2.07. The first-order valence-electron chi connectivity index (χ1n) is 4.78. The lowest BCUT2D eigenvalue weighted by Crippen LogP contribution is -1.81. The largest absolute Gasteiger partial charge is 0.302 e. The molecular formula is C13H8ClNO. The number of hydrogen-bond donors (Lipinski definition) is 0. The molecule has 1 heterocycles. The molecule has 0 bridgehead atoms. The number of carbonyl (C=O) groups is 1. The third kappa shape index (κ3) is 2.39. The number of aldehydes is 1. The molecule has 0 unspecified atom stereocenters. The molecule has 2 rings (SSSR count). The highest BCUT2D eigenvalue weighted by molar-refractivity contribution is 6.29. The van der Waals surface area contributed by atoms with E-state index < -0.39 is 0 Å². The van der Waals surface area contributed by atoms with Crippen molar-refractivity contribution in [3.63, 3.8) is 0 Å². The van der Waals surface area contributed by atoms with Crippen LogP contribution in [0.3, 0.4) is 0 Å². The topological polar surface area (TPSA) is 30.0 Å². The lowest BCUT2D eigenvalue weighted by atomic mass is 10.1. The molecule has 0 atom stereocenters. The number of pyridine rings is 1. The van der Waals surface area contributed by atoms with Gasteiger partial charge in [-0.15, -0.1) is 0 Å². The second-order valence-corrected chi connectivity index (χ2v) is 3.60. The summed E-state index contributed by atoms with van der Waals surface area (Å²) in [6, 6.07) is 9.30. The second-order valence-electron chi connectivity index (χ2n) is 3.21. The van der Waals surface area contributed by atoms with Gasteiger partial charge in [-0.3, -0.25) is 0 Å². The number of rotatable bonds is 1. The van der Waals surface area contributed by atoms with Crippen molar-refractivity contribution < 1.29 is 4.79 Å². The fraction of sp³-hybridized carbons (Fsp3) is 0.0769. The summed E-state index contributed by atoms with van der Waals surface area (Å²) in [6.45, 7) is 0. The zero-order valence-corrected chi connectivity index (χ0v) is 9.16. The summed E-state index contributed by atoms with van der Waals surface area (Å²) in [7, 11) is 0. The Labute approximate surface area is 98.3 Å². The molecule has 1 aromatic heterocycles. The Bertz CT molecular complexity index is 596. The summed E-state index contributed by atoms with van der Waals surface area (Å²) >= 11 is 5.78. The monoisotopic (exact) mass is 229 g/mol. The molecule has 2 aromatic rings. The molecule has 2 nitrogen and oxygen atoms in total. The molecule has 0 aliphatic heterocycles. The van der Waals surface area contributed by atoms with E-state index in [1.165, 1.54) is 0 Å². The Balaban J connectivity index is 2.42. The quantitative estimate of drug-likeness (QED) is 0.428. The van der Waals surface area contributed by atoms with Gasteiger partial charge in [0, 0.05) is 10.9 Å². The molecule has 0 radical (unpaired) electrons. The smallest absolute Gasteiger partial charge is 0.131 e.